The molecule has 2 rings (SSSR count). The second-order valence-electron chi connectivity index (χ2n) is 4.90. The Morgan fingerprint density at radius 1 is 1.41 bits per heavy atom. The van der Waals surface area contributed by atoms with E-state index in [1.807, 2.05) is 4.90 Å². The lowest BCUT2D eigenvalue weighted by atomic mass is 10.1. The van der Waals surface area contributed by atoms with Crippen molar-refractivity contribution in [3.63, 3.8) is 0 Å². The van der Waals surface area contributed by atoms with Gasteiger partial charge in [0.25, 0.3) is 0 Å². The van der Waals surface area contributed by atoms with Gasteiger partial charge in [-0.3, -0.25) is 9.59 Å². The highest BCUT2D eigenvalue weighted by atomic mass is 16.3. The molecule has 0 aromatic heterocycles. The number of carbonyl (C=O) groups is 2. The van der Waals surface area contributed by atoms with Gasteiger partial charge in [0.05, 0.1) is 12.5 Å². The van der Waals surface area contributed by atoms with E-state index in [4.69, 9.17) is 5.11 Å². The summed E-state index contributed by atoms with van der Waals surface area (Å²) in [5, 5.41) is 11.3. The van der Waals surface area contributed by atoms with Gasteiger partial charge in [-0.1, -0.05) is 12.8 Å². The molecule has 1 atom stereocenters. The van der Waals surface area contributed by atoms with Crippen LogP contribution in [0.3, 0.4) is 0 Å². The van der Waals surface area contributed by atoms with E-state index < -0.39 is 0 Å². The molecule has 1 saturated carbocycles. The van der Waals surface area contributed by atoms with Crippen molar-refractivity contribution in [2.45, 2.75) is 38.1 Å². The Morgan fingerprint density at radius 2 is 2.12 bits per heavy atom. The van der Waals surface area contributed by atoms with Crippen LogP contribution >= 0.6 is 0 Å². The average Bonchev–Trinajstić information content (AvgIpc) is 2.94. The summed E-state index contributed by atoms with van der Waals surface area (Å²) in [6.45, 7) is 0.770. The fourth-order valence-corrected chi connectivity index (χ4v) is 2.80. The van der Waals surface area contributed by atoms with Crippen LogP contribution in [0.2, 0.25) is 0 Å². The first-order valence-corrected chi connectivity index (χ1v) is 6.40. The molecule has 0 radical (unpaired) electrons. The van der Waals surface area contributed by atoms with Crippen molar-refractivity contribution in [1.29, 1.82) is 0 Å². The number of amides is 2. The molecular formula is C12H20N2O3. The third-order valence-electron chi connectivity index (χ3n) is 3.71. The van der Waals surface area contributed by atoms with Crippen LogP contribution in [0.25, 0.3) is 0 Å². The number of aliphatic hydroxyl groups is 1. The van der Waals surface area contributed by atoms with Crippen LogP contribution in [0.15, 0.2) is 0 Å². The molecule has 0 bridgehead atoms. The molecule has 0 spiro atoms. The van der Waals surface area contributed by atoms with Gasteiger partial charge >= 0.3 is 0 Å². The molecule has 1 aliphatic heterocycles. The number of nitrogens with zero attached hydrogens (tertiary/aromatic N) is 1. The van der Waals surface area contributed by atoms with Crippen LogP contribution in [0, 0.1) is 5.92 Å². The minimum atomic E-state index is -0.227. The summed E-state index contributed by atoms with van der Waals surface area (Å²) in [6, 6.07) is 0.359. The smallest absolute Gasteiger partial charge is 0.225 e. The first-order chi connectivity index (χ1) is 8.22. The quantitative estimate of drug-likeness (QED) is 0.720. The molecule has 2 N–H and O–H groups in total. The standard InChI is InChI=1S/C12H20N2O3/c15-6-5-13-12(17)9-7-11(16)14(8-9)10-3-1-2-4-10/h9-10,15H,1-8H2,(H,13,17). The van der Waals surface area contributed by atoms with E-state index in [9.17, 15) is 9.59 Å². The van der Waals surface area contributed by atoms with Crippen molar-refractivity contribution in [3.8, 4) is 0 Å². The zero-order chi connectivity index (χ0) is 12.3. The summed E-state index contributed by atoms with van der Waals surface area (Å²) >= 11 is 0. The van der Waals surface area contributed by atoms with E-state index in [1.165, 1.54) is 12.8 Å². The van der Waals surface area contributed by atoms with Gasteiger partial charge in [0.15, 0.2) is 0 Å². The fourth-order valence-electron chi connectivity index (χ4n) is 2.80. The average molecular weight is 240 g/mol. The van der Waals surface area contributed by atoms with Crippen LogP contribution in [0.4, 0.5) is 0 Å². The summed E-state index contributed by atoms with van der Waals surface area (Å²) in [5.41, 5.74) is 0. The number of carbonyl (C=O) groups excluding carboxylic acids is 2. The number of rotatable bonds is 4. The van der Waals surface area contributed by atoms with Crippen molar-refractivity contribution in [2.75, 3.05) is 19.7 Å². The second kappa shape index (κ2) is 5.49. The van der Waals surface area contributed by atoms with Crippen molar-refractivity contribution in [3.05, 3.63) is 0 Å². The molecule has 2 fully saturated rings. The Kier molecular flexibility index (Phi) is 3.99. The molecule has 2 aliphatic rings. The van der Waals surface area contributed by atoms with E-state index in [0.717, 1.165) is 12.8 Å². The molecule has 5 nitrogen and oxygen atoms in total. The largest absolute Gasteiger partial charge is 0.395 e. The SMILES string of the molecule is O=C(NCCO)C1CC(=O)N(C2CCCC2)C1. The number of hydrogen-bond acceptors (Lipinski definition) is 3. The van der Waals surface area contributed by atoms with Crippen molar-refractivity contribution in [2.24, 2.45) is 5.92 Å². The van der Waals surface area contributed by atoms with Crippen LogP contribution in [-0.2, 0) is 9.59 Å². The minimum Gasteiger partial charge on any atom is -0.395 e. The van der Waals surface area contributed by atoms with Crippen molar-refractivity contribution in [1.82, 2.24) is 10.2 Å². The molecular weight excluding hydrogens is 220 g/mol. The monoisotopic (exact) mass is 240 g/mol. The van der Waals surface area contributed by atoms with Gasteiger partial charge in [0.2, 0.25) is 11.8 Å². The van der Waals surface area contributed by atoms with E-state index >= 15 is 0 Å². The molecule has 1 heterocycles. The maximum atomic E-state index is 11.8. The molecule has 1 saturated heterocycles. The normalized spacial score (nSPS) is 25.6. The maximum Gasteiger partial charge on any atom is 0.225 e. The molecule has 17 heavy (non-hydrogen) atoms. The molecule has 2 amide bonds. The van der Waals surface area contributed by atoms with E-state index in [2.05, 4.69) is 5.32 Å². The third kappa shape index (κ3) is 2.77. The van der Waals surface area contributed by atoms with Gasteiger partial charge in [-0.25, -0.2) is 0 Å². The minimum absolute atomic E-state index is 0.0568. The highest BCUT2D eigenvalue weighted by Crippen LogP contribution is 2.29. The summed E-state index contributed by atoms with van der Waals surface area (Å²) in [6.07, 6.45) is 4.87. The van der Waals surface area contributed by atoms with Gasteiger partial charge in [0, 0.05) is 25.6 Å². The van der Waals surface area contributed by atoms with Crippen LogP contribution in [0.5, 0.6) is 0 Å². The molecule has 0 aromatic carbocycles. The van der Waals surface area contributed by atoms with Gasteiger partial charge in [-0.15, -0.1) is 0 Å². The highest BCUT2D eigenvalue weighted by molar-refractivity contribution is 5.89. The highest BCUT2D eigenvalue weighted by Gasteiger charge is 2.38. The third-order valence-corrected chi connectivity index (χ3v) is 3.71. The zero-order valence-corrected chi connectivity index (χ0v) is 10.0. The van der Waals surface area contributed by atoms with Crippen molar-refractivity contribution < 1.29 is 14.7 Å². The number of likely N-dealkylation sites (tertiary alicyclic amines) is 1. The lowest BCUT2D eigenvalue weighted by Gasteiger charge is -2.23. The summed E-state index contributed by atoms with van der Waals surface area (Å²) in [5.74, 6) is -0.219. The lowest BCUT2D eigenvalue weighted by Crippen LogP contribution is -2.37. The summed E-state index contributed by atoms with van der Waals surface area (Å²) in [7, 11) is 0. The predicted octanol–water partition coefficient (Wildman–Crippen LogP) is -0.114. The van der Waals surface area contributed by atoms with E-state index in [1.54, 1.807) is 0 Å². The molecule has 0 aromatic rings. The molecule has 96 valence electrons. The van der Waals surface area contributed by atoms with Gasteiger partial charge < -0.3 is 15.3 Å². The Bertz CT molecular complexity index is 300. The molecule has 5 heteroatoms. The lowest BCUT2D eigenvalue weighted by molar-refractivity contribution is -0.130. The van der Waals surface area contributed by atoms with Crippen LogP contribution in [-0.4, -0.2) is 47.6 Å². The Labute approximate surface area is 101 Å². The van der Waals surface area contributed by atoms with Gasteiger partial charge in [-0.05, 0) is 12.8 Å². The van der Waals surface area contributed by atoms with Gasteiger partial charge in [0.1, 0.15) is 0 Å². The summed E-state index contributed by atoms with van der Waals surface area (Å²) in [4.78, 5) is 25.4. The van der Waals surface area contributed by atoms with Crippen LogP contribution < -0.4 is 5.32 Å². The summed E-state index contributed by atoms with van der Waals surface area (Å²) < 4.78 is 0. The van der Waals surface area contributed by atoms with Crippen LogP contribution in [0.1, 0.15) is 32.1 Å². The van der Waals surface area contributed by atoms with E-state index in [0.29, 0.717) is 19.0 Å². The fraction of sp³-hybridized carbons (Fsp3) is 0.833. The Balaban J connectivity index is 1.87. The molecule has 1 unspecified atom stereocenters. The zero-order valence-electron chi connectivity index (χ0n) is 10.0. The second-order valence-corrected chi connectivity index (χ2v) is 4.90. The maximum absolute atomic E-state index is 11.8. The van der Waals surface area contributed by atoms with Gasteiger partial charge in [-0.2, -0.15) is 0 Å². The predicted molar refractivity (Wildman–Crippen MR) is 62.2 cm³/mol. The van der Waals surface area contributed by atoms with Crippen molar-refractivity contribution >= 4 is 11.8 Å². The van der Waals surface area contributed by atoms with E-state index in [-0.39, 0.29) is 30.9 Å². The molecule has 1 aliphatic carbocycles. The number of aliphatic hydroxyl groups excluding tert-OH is 1. The topological polar surface area (TPSA) is 69.6 Å². The number of hydrogen-bond donors (Lipinski definition) is 2. The first kappa shape index (κ1) is 12.4. The Morgan fingerprint density at radius 3 is 2.76 bits per heavy atom. The Hall–Kier alpha value is -1.10. The first-order valence-electron chi connectivity index (χ1n) is 6.40. The number of nitrogens with one attached hydrogen (secondary N) is 1.